The van der Waals surface area contributed by atoms with E-state index in [9.17, 15) is 14.4 Å². The Morgan fingerprint density at radius 1 is 0.386 bits per heavy atom. The molecule has 0 aliphatic rings. The first-order valence-electron chi connectivity index (χ1n) is 25.9. The van der Waals surface area contributed by atoms with Gasteiger partial charge >= 0.3 is 0 Å². The van der Waals surface area contributed by atoms with E-state index in [4.69, 9.17) is 57.4 Å². The molecule has 2 aromatic heterocycles. The first-order valence-corrected chi connectivity index (χ1v) is 25.9. The van der Waals surface area contributed by atoms with E-state index in [2.05, 4.69) is 30.9 Å². The van der Waals surface area contributed by atoms with Crippen LogP contribution in [-0.4, -0.2) is 35.6 Å². The maximum atomic E-state index is 11.5. The summed E-state index contributed by atoms with van der Waals surface area (Å²) in [5, 5.41) is 9.01. The van der Waals surface area contributed by atoms with Crippen LogP contribution < -0.4 is 64.6 Å². The van der Waals surface area contributed by atoms with Crippen molar-refractivity contribution in [1.29, 1.82) is 0 Å². The van der Waals surface area contributed by atoms with E-state index >= 15 is 0 Å². The van der Waals surface area contributed by atoms with Crippen LogP contribution in [-0.2, 0) is 39.5 Å². The molecule has 0 aliphatic carbocycles. The number of guanidine groups is 3. The predicted molar refractivity (Wildman–Crippen MR) is 323 cm³/mol. The summed E-state index contributed by atoms with van der Waals surface area (Å²) >= 11 is 0. The summed E-state index contributed by atoms with van der Waals surface area (Å²) in [6, 6.07) is 59.0. The Balaban J connectivity index is 0.000000179. The fraction of sp³-hybridized carbons (Fsp3) is 0.111. The summed E-state index contributed by atoms with van der Waals surface area (Å²) in [6.07, 6.45) is 3.15. The van der Waals surface area contributed by atoms with Crippen molar-refractivity contribution in [2.24, 2.45) is 49.4 Å². The summed E-state index contributed by atoms with van der Waals surface area (Å²) in [4.78, 5) is 47.3. The van der Waals surface area contributed by atoms with Gasteiger partial charge in [0, 0.05) is 16.7 Å². The normalized spacial score (nSPS) is 11.2. The molecule has 9 rings (SSSR count). The van der Waals surface area contributed by atoms with Crippen LogP contribution in [0.25, 0.3) is 0 Å². The maximum Gasteiger partial charge on any atom is 0.248 e. The number of ether oxygens (including phenoxy) is 3. The van der Waals surface area contributed by atoms with Gasteiger partial charge in [0.1, 0.15) is 61.7 Å². The van der Waals surface area contributed by atoms with Crippen LogP contribution in [0.5, 0.6) is 17.2 Å². The minimum Gasteiger partial charge on any atom is -0.487 e. The number of hydrogen-bond donors (Lipinski definition) is 9. The summed E-state index contributed by atoms with van der Waals surface area (Å²) in [5.41, 5.74) is 42.1. The number of nitrogens with zero attached hydrogens (tertiary/aromatic N) is 3. The van der Waals surface area contributed by atoms with Crippen molar-refractivity contribution in [1.82, 2.24) is 0 Å². The third-order valence-electron chi connectivity index (χ3n) is 11.8. The molecule has 424 valence electrons. The Bertz CT molecular complexity index is 3620. The van der Waals surface area contributed by atoms with E-state index < -0.39 is 17.7 Å². The van der Waals surface area contributed by atoms with Crippen LogP contribution in [0, 0.1) is 6.92 Å². The quantitative estimate of drug-likeness (QED) is 0.0239. The lowest BCUT2D eigenvalue weighted by Gasteiger charge is -2.14. The number of rotatable bonds is 21. The number of carbonyl (C=O) groups excluding carboxylic acids is 3. The molecule has 3 amide bonds. The van der Waals surface area contributed by atoms with Gasteiger partial charge in [0.05, 0.1) is 36.1 Å². The lowest BCUT2D eigenvalue weighted by molar-refractivity contribution is 0.0991. The average Bonchev–Trinajstić information content (AvgIpc) is 4.31. The number of anilines is 3. The molecular formula is C63H64N12O8. The van der Waals surface area contributed by atoms with E-state index in [-0.39, 0.29) is 17.9 Å². The summed E-state index contributed by atoms with van der Waals surface area (Å²) in [6.45, 7) is 4.11. The first kappa shape index (κ1) is 59.4. The van der Waals surface area contributed by atoms with Gasteiger partial charge in [-0.2, -0.15) is 0 Å². The van der Waals surface area contributed by atoms with E-state index in [0.717, 1.165) is 27.8 Å². The van der Waals surface area contributed by atoms with Crippen molar-refractivity contribution in [2.75, 3.05) is 16.0 Å². The van der Waals surface area contributed by atoms with Crippen LogP contribution in [0.15, 0.2) is 230 Å². The fourth-order valence-electron chi connectivity index (χ4n) is 7.55. The highest BCUT2D eigenvalue weighted by molar-refractivity contribution is 5.99. The van der Waals surface area contributed by atoms with E-state index in [1.54, 1.807) is 79.3 Å². The van der Waals surface area contributed by atoms with Gasteiger partial charge in [-0.3, -0.25) is 14.4 Å². The molecule has 9 aromatic rings. The first-order chi connectivity index (χ1) is 40.2. The third kappa shape index (κ3) is 19.8. The van der Waals surface area contributed by atoms with Gasteiger partial charge in [-0.1, -0.05) is 121 Å². The minimum atomic E-state index is -0.537. The maximum absolute atomic E-state index is 11.5. The number of aliphatic imine (C=N–C) groups is 3. The largest absolute Gasteiger partial charge is 0.487 e. The molecule has 2 heterocycles. The molecule has 0 saturated carbocycles. The number of benzene rings is 7. The number of aryl methyl sites for hydroxylation is 1. The second-order valence-corrected chi connectivity index (χ2v) is 18.2. The Kier molecular flexibility index (Phi) is 22.0. The standard InChI is InChI=1S/C22H22N4O2.C21H22N4O3.C20H20N4O3/c23-21(27)18-11-12-19(20(13-18)28-15-17-9-5-2-6-10-17)26-22(24)25-14-16-7-3-1-4-8-16;1-14-4-2-5-15(10-14)13-28-19-11-16(20(22)26)7-8-18(19)25-21(23)24-12-17-6-3-9-27-17;21-19(25)15-8-9-17(24-20(22)23-12-16-7-4-10-26-16)18(11-15)27-13-14-5-2-1-3-6-14/h1-13H,14-15H2,(H2,23,27)(H3,24,25,26);2-11H,12-13H2,1H3,(H2,22,26)(H3,23,24,25);1-11H,12-13H2,(H2,21,25)(H3,22,23,24). The van der Waals surface area contributed by atoms with Crippen molar-refractivity contribution in [3.05, 3.63) is 263 Å². The predicted octanol–water partition coefficient (Wildman–Crippen LogP) is 9.37. The zero-order valence-corrected chi connectivity index (χ0v) is 45.4. The Hall–Kier alpha value is -11.3. The highest BCUT2D eigenvalue weighted by Gasteiger charge is 2.14. The zero-order valence-electron chi connectivity index (χ0n) is 45.4. The van der Waals surface area contributed by atoms with Crippen LogP contribution in [0.3, 0.4) is 0 Å². The van der Waals surface area contributed by atoms with Gasteiger partial charge in [-0.25, -0.2) is 15.0 Å². The zero-order chi connectivity index (χ0) is 58.8. The number of hydrogen-bond acceptors (Lipinski definition) is 11. The third-order valence-corrected chi connectivity index (χ3v) is 11.8. The second kappa shape index (κ2) is 30.8. The van der Waals surface area contributed by atoms with Crippen molar-refractivity contribution < 1.29 is 37.4 Å². The molecule has 20 heteroatoms. The van der Waals surface area contributed by atoms with Crippen molar-refractivity contribution in [3.8, 4) is 17.2 Å². The molecular weight excluding hydrogens is 1050 g/mol. The smallest absolute Gasteiger partial charge is 0.248 e. The molecule has 0 atom stereocenters. The Labute approximate surface area is 479 Å². The lowest BCUT2D eigenvalue weighted by atomic mass is 10.1. The fourth-order valence-corrected chi connectivity index (χ4v) is 7.55. The van der Waals surface area contributed by atoms with Crippen molar-refractivity contribution in [2.45, 2.75) is 46.4 Å². The number of furan rings is 2. The van der Waals surface area contributed by atoms with Crippen LogP contribution in [0.4, 0.5) is 17.1 Å². The van der Waals surface area contributed by atoms with Gasteiger partial charge in [-0.15, -0.1) is 0 Å². The number of carbonyl (C=O) groups is 3. The van der Waals surface area contributed by atoms with E-state index in [1.165, 1.54) is 0 Å². The van der Waals surface area contributed by atoms with Crippen LogP contribution in [0.1, 0.15) is 70.4 Å². The monoisotopic (exact) mass is 1120 g/mol. The Morgan fingerprint density at radius 2 is 0.735 bits per heavy atom. The van der Waals surface area contributed by atoms with E-state index in [0.29, 0.717) is 102 Å². The van der Waals surface area contributed by atoms with Gasteiger partial charge in [0.25, 0.3) is 0 Å². The van der Waals surface area contributed by atoms with Gasteiger partial charge < -0.3 is 73.4 Å². The van der Waals surface area contributed by atoms with Crippen LogP contribution >= 0.6 is 0 Å². The van der Waals surface area contributed by atoms with Crippen LogP contribution in [0.2, 0.25) is 0 Å². The Morgan fingerprint density at radius 3 is 1.08 bits per heavy atom. The summed E-state index contributed by atoms with van der Waals surface area (Å²) in [5.74, 6) is 1.82. The lowest BCUT2D eigenvalue weighted by Crippen LogP contribution is -2.23. The highest BCUT2D eigenvalue weighted by atomic mass is 16.5. The van der Waals surface area contributed by atoms with E-state index in [1.807, 2.05) is 134 Å². The molecule has 20 nitrogen and oxygen atoms in total. The topological polar surface area (TPSA) is 334 Å². The van der Waals surface area contributed by atoms with Crippen molar-refractivity contribution >= 4 is 52.7 Å². The molecule has 0 fully saturated rings. The van der Waals surface area contributed by atoms with Crippen molar-refractivity contribution in [3.63, 3.8) is 0 Å². The molecule has 0 spiro atoms. The summed E-state index contributed by atoms with van der Waals surface area (Å²) < 4.78 is 28.1. The number of amides is 3. The molecule has 0 saturated heterocycles. The van der Waals surface area contributed by atoms with Gasteiger partial charge in [0.15, 0.2) is 17.9 Å². The molecule has 0 aliphatic heterocycles. The highest BCUT2D eigenvalue weighted by Crippen LogP contribution is 2.30. The number of nitrogens with one attached hydrogen (secondary N) is 3. The van der Waals surface area contributed by atoms with Gasteiger partial charge in [-0.05, 0) is 108 Å². The molecule has 15 N–H and O–H groups in total. The molecule has 0 radical (unpaired) electrons. The second-order valence-electron chi connectivity index (χ2n) is 18.2. The molecule has 83 heavy (non-hydrogen) atoms. The summed E-state index contributed by atoms with van der Waals surface area (Å²) in [7, 11) is 0. The SMILES string of the molecule is Cc1cccc(COc2cc(C(N)=O)ccc2NC(N)=NCc2ccco2)c1.NC(=O)c1ccc(NC(N)=NCc2ccccc2)c(OCc2ccccc2)c1.NC(=O)c1ccc(NC(N)=NCc2ccco2)c(OCc2ccccc2)c1. The van der Waals surface area contributed by atoms with Gasteiger partial charge in [0.2, 0.25) is 17.7 Å². The molecule has 7 aromatic carbocycles. The molecule has 0 unspecified atom stereocenters. The minimum absolute atomic E-state index is 0.197. The average molecular weight is 1120 g/mol. The number of nitrogens with two attached hydrogens (primary N) is 6. The number of primary amides is 3. The molecule has 0 bridgehead atoms.